The van der Waals surface area contributed by atoms with Crippen molar-refractivity contribution in [2.24, 2.45) is 0 Å². The fourth-order valence-electron chi connectivity index (χ4n) is 2.88. The third kappa shape index (κ3) is 2.41. The maximum atomic E-state index is 11.7. The van der Waals surface area contributed by atoms with Crippen molar-refractivity contribution in [3.05, 3.63) is 29.8 Å². The predicted octanol–water partition coefficient (Wildman–Crippen LogP) is 2.89. The number of rotatable bonds is 3. The smallest absolute Gasteiger partial charge is 0.318 e. The van der Waals surface area contributed by atoms with Crippen LogP contribution in [0.2, 0.25) is 0 Å². The number of aromatic nitrogens is 3. The van der Waals surface area contributed by atoms with Gasteiger partial charge in [0.2, 0.25) is 0 Å². The fraction of sp³-hybridized carbons (Fsp3) is 0.438. The Morgan fingerprint density at radius 2 is 2.09 bits per heavy atom. The Morgan fingerprint density at radius 3 is 2.82 bits per heavy atom. The Kier molecular flexibility index (Phi) is 3.72. The third-order valence-corrected chi connectivity index (χ3v) is 4.96. The number of thioether (sulfide) groups is 1. The number of methoxy groups -OCH3 is 1. The van der Waals surface area contributed by atoms with E-state index >= 15 is 0 Å². The Morgan fingerprint density at radius 1 is 1.36 bits per heavy atom. The molecule has 0 N–H and O–H groups in total. The molecule has 0 fully saturated rings. The lowest BCUT2D eigenvalue weighted by Crippen LogP contribution is -2.34. The van der Waals surface area contributed by atoms with Crippen LogP contribution in [0.3, 0.4) is 0 Å². The topological polar surface area (TPSA) is 57.0 Å². The van der Waals surface area contributed by atoms with Crippen molar-refractivity contribution in [2.75, 3.05) is 7.11 Å². The van der Waals surface area contributed by atoms with Gasteiger partial charge in [-0.3, -0.25) is 9.36 Å². The molecule has 116 valence electrons. The maximum absolute atomic E-state index is 11.7. The molecule has 0 radical (unpaired) electrons. The molecule has 0 saturated heterocycles. The van der Waals surface area contributed by atoms with Crippen molar-refractivity contribution >= 4 is 17.7 Å². The van der Waals surface area contributed by atoms with Crippen LogP contribution in [0.5, 0.6) is 0 Å². The van der Waals surface area contributed by atoms with Gasteiger partial charge in [-0.2, -0.15) is 0 Å². The Hall–Kier alpha value is -1.82. The monoisotopic (exact) mass is 317 g/mol. The summed E-state index contributed by atoms with van der Waals surface area (Å²) in [5.74, 6) is 0.614. The van der Waals surface area contributed by atoms with E-state index < -0.39 is 0 Å². The summed E-state index contributed by atoms with van der Waals surface area (Å²) in [5.41, 5.74) is 2.27. The third-order valence-electron chi connectivity index (χ3n) is 3.94. The molecule has 1 aliphatic rings. The second-order valence-corrected chi connectivity index (χ2v) is 7.38. The summed E-state index contributed by atoms with van der Waals surface area (Å²) in [6.45, 7) is 6.16. The van der Waals surface area contributed by atoms with Gasteiger partial charge in [0.15, 0.2) is 11.0 Å². The van der Waals surface area contributed by atoms with Gasteiger partial charge in [-0.25, -0.2) is 0 Å². The van der Waals surface area contributed by atoms with Crippen molar-refractivity contribution in [2.45, 2.75) is 43.1 Å². The van der Waals surface area contributed by atoms with E-state index in [1.165, 1.54) is 24.4 Å². The predicted molar refractivity (Wildman–Crippen MR) is 85.8 cm³/mol. The van der Waals surface area contributed by atoms with Crippen LogP contribution in [0.1, 0.15) is 26.3 Å². The second-order valence-electron chi connectivity index (χ2n) is 6.07. The van der Waals surface area contributed by atoms with Crippen LogP contribution in [-0.4, -0.2) is 33.1 Å². The number of benzene rings is 1. The van der Waals surface area contributed by atoms with E-state index in [1.807, 2.05) is 13.0 Å². The van der Waals surface area contributed by atoms with Crippen LogP contribution in [0.4, 0.5) is 0 Å². The van der Waals surface area contributed by atoms with E-state index in [-0.39, 0.29) is 16.8 Å². The highest BCUT2D eigenvalue weighted by Crippen LogP contribution is 2.40. The average Bonchev–Trinajstić information content (AvgIpc) is 2.91. The van der Waals surface area contributed by atoms with Crippen molar-refractivity contribution in [3.63, 3.8) is 0 Å². The first-order valence-electron chi connectivity index (χ1n) is 7.22. The summed E-state index contributed by atoms with van der Waals surface area (Å²) in [6, 6.07) is 8.28. The van der Waals surface area contributed by atoms with Gasteiger partial charge in [0.25, 0.3) is 0 Å². The van der Waals surface area contributed by atoms with E-state index in [0.717, 1.165) is 23.0 Å². The number of fused-ring (bicyclic) bond motifs is 3. The first-order chi connectivity index (χ1) is 10.4. The lowest BCUT2D eigenvalue weighted by molar-refractivity contribution is -0.139. The minimum absolute atomic E-state index is 0.134. The molecule has 1 unspecified atom stereocenters. The molecule has 3 rings (SSSR count). The number of nitrogens with zero attached hydrogens (tertiary/aromatic N) is 3. The zero-order valence-electron chi connectivity index (χ0n) is 13.2. The minimum Gasteiger partial charge on any atom is -0.468 e. The molecule has 0 aliphatic carbocycles. The Labute approximate surface area is 134 Å². The summed E-state index contributed by atoms with van der Waals surface area (Å²) < 4.78 is 6.93. The normalized spacial score (nSPS) is 16.5. The number of carbonyl (C=O) groups excluding carboxylic acids is 1. The highest BCUT2D eigenvalue weighted by atomic mass is 32.2. The van der Waals surface area contributed by atoms with Crippen LogP contribution in [0.15, 0.2) is 29.4 Å². The standard InChI is InChI=1S/C16H19N3O2S/c1-10(14(20)21-4)22-15-18-17-13-12-8-6-5-7-11(12)9-16(2,3)19(13)15/h5-8,10H,9H2,1-4H3. The van der Waals surface area contributed by atoms with Crippen LogP contribution >= 0.6 is 11.8 Å². The zero-order chi connectivity index (χ0) is 15.9. The first kappa shape index (κ1) is 15.1. The molecule has 0 saturated carbocycles. The number of hydrogen-bond acceptors (Lipinski definition) is 5. The van der Waals surface area contributed by atoms with Gasteiger partial charge in [-0.1, -0.05) is 36.0 Å². The SMILES string of the molecule is COC(=O)C(C)Sc1nnc2n1C(C)(C)Cc1ccccc1-2. The molecule has 0 spiro atoms. The highest BCUT2D eigenvalue weighted by molar-refractivity contribution is 8.00. The number of ether oxygens (including phenoxy) is 1. The van der Waals surface area contributed by atoms with Crippen LogP contribution in [0.25, 0.3) is 11.4 Å². The largest absolute Gasteiger partial charge is 0.468 e. The summed E-state index contributed by atoms with van der Waals surface area (Å²) in [6.07, 6.45) is 0.911. The van der Waals surface area contributed by atoms with Crippen molar-refractivity contribution in [1.29, 1.82) is 0 Å². The van der Waals surface area contributed by atoms with Gasteiger partial charge in [-0.15, -0.1) is 10.2 Å². The van der Waals surface area contributed by atoms with Crippen LogP contribution in [-0.2, 0) is 21.5 Å². The zero-order valence-corrected chi connectivity index (χ0v) is 14.0. The molecule has 1 aromatic carbocycles. The molecular weight excluding hydrogens is 298 g/mol. The number of carbonyl (C=O) groups is 1. The molecule has 1 atom stereocenters. The maximum Gasteiger partial charge on any atom is 0.318 e. The molecule has 1 aromatic heterocycles. The van der Waals surface area contributed by atoms with Gasteiger partial charge in [0.05, 0.1) is 7.11 Å². The number of hydrogen-bond donors (Lipinski definition) is 0. The van der Waals surface area contributed by atoms with E-state index in [9.17, 15) is 4.79 Å². The average molecular weight is 317 g/mol. The van der Waals surface area contributed by atoms with Crippen molar-refractivity contribution in [3.8, 4) is 11.4 Å². The Balaban J connectivity index is 2.05. The number of esters is 1. The summed E-state index contributed by atoms with van der Waals surface area (Å²) in [5, 5.41) is 9.13. The minimum atomic E-state index is -0.314. The van der Waals surface area contributed by atoms with Gasteiger partial charge in [0, 0.05) is 11.1 Å². The van der Waals surface area contributed by atoms with Crippen LogP contribution in [0, 0.1) is 0 Å². The molecule has 5 nitrogen and oxygen atoms in total. The first-order valence-corrected chi connectivity index (χ1v) is 8.10. The molecule has 2 heterocycles. The summed E-state index contributed by atoms with van der Waals surface area (Å²) in [7, 11) is 1.40. The molecule has 22 heavy (non-hydrogen) atoms. The molecule has 1 aliphatic heterocycles. The second kappa shape index (κ2) is 5.43. The fourth-order valence-corrected chi connectivity index (χ4v) is 3.91. The van der Waals surface area contributed by atoms with Gasteiger partial charge < -0.3 is 4.74 Å². The van der Waals surface area contributed by atoms with E-state index in [0.29, 0.717) is 0 Å². The van der Waals surface area contributed by atoms with Crippen molar-refractivity contribution < 1.29 is 9.53 Å². The molecular formula is C16H19N3O2S. The summed E-state index contributed by atoms with van der Waals surface area (Å²) in [4.78, 5) is 11.7. The van der Waals surface area contributed by atoms with Gasteiger partial charge in [0.1, 0.15) is 5.25 Å². The van der Waals surface area contributed by atoms with E-state index in [1.54, 1.807) is 0 Å². The lowest BCUT2D eigenvalue weighted by Gasteiger charge is -2.34. The quantitative estimate of drug-likeness (QED) is 0.643. The summed E-state index contributed by atoms with van der Waals surface area (Å²) >= 11 is 1.39. The molecule has 2 aromatic rings. The van der Waals surface area contributed by atoms with Gasteiger partial charge in [-0.05, 0) is 32.8 Å². The Bertz CT molecular complexity index is 724. The molecule has 0 bridgehead atoms. The van der Waals surface area contributed by atoms with Gasteiger partial charge >= 0.3 is 5.97 Å². The lowest BCUT2D eigenvalue weighted by atomic mass is 9.87. The highest BCUT2D eigenvalue weighted by Gasteiger charge is 2.35. The van der Waals surface area contributed by atoms with E-state index in [4.69, 9.17) is 4.74 Å². The van der Waals surface area contributed by atoms with Crippen LogP contribution < -0.4 is 0 Å². The van der Waals surface area contributed by atoms with Crippen molar-refractivity contribution in [1.82, 2.24) is 14.8 Å². The molecule has 6 heteroatoms. The van der Waals surface area contributed by atoms with E-state index in [2.05, 4.69) is 46.8 Å². The molecule has 0 amide bonds.